The molecule has 6 heteroatoms. The molecule has 0 aliphatic heterocycles. The number of hydrogen-bond acceptors (Lipinski definition) is 6. The van der Waals surface area contributed by atoms with Crippen LogP contribution in [0.3, 0.4) is 0 Å². The van der Waals surface area contributed by atoms with E-state index < -0.39 is 0 Å². The largest absolute Gasteiger partial charge is 0.394 e. The zero-order chi connectivity index (χ0) is 37.5. The van der Waals surface area contributed by atoms with Gasteiger partial charge in [0.1, 0.15) is 11.6 Å². The minimum absolute atomic E-state index is 0.439. The fourth-order valence-corrected chi connectivity index (χ4v) is 5.16. The first-order valence-electron chi connectivity index (χ1n) is 17.2. The zero-order valence-corrected chi connectivity index (χ0v) is 31.8. The van der Waals surface area contributed by atoms with Gasteiger partial charge in [0.2, 0.25) is 0 Å². The van der Waals surface area contributed by atoms with E-state index in [1.165, 1.54) is 16.7 Å². The van der Waals surface area contributed by atoms with Gasteiger partial charge >= 0.3 is 0 Å². The van der Waals surface area contributed by atoms with Gasteiger partial charge in [-0.2, -0.15) is 0 Å². The van der Waals surface area contributed by atoms with E-state index in [1.54, 1.807) is 6.20 Å². The molecule has 264 valence electrons. The SMILES string of the molecule is C=C(N)N(c1ccc(N(C(C)=C(C)C)c2cccc(-c3ccccc3C)n2)cc1)c1cccc(-c2ccccn2)c1C.C=CNC.CC=C(C)C. The van der Waals surface area contributed by atoms with Crippen LogP contribution in [-0.2, 0) is 0 Å². The van der Waals surface area contributed by atoms with Crippen molar-refractivity contribution in [2.75, 3.05) is 16.8 Å². The van der Waals surface area contributed by atoms with E-state index >= 15 is 0 Å². The molecule has 5 rings (SSSR count). The minimum Gasteiger partial charge on any atom is -0.394 e. The molecule has 0 saturated carbocycles. The highest BCUT2D eigenvalue weighted by Crippen LogP contribution is 2.38. The smallest absolute Gasteiger partial charge is 0.137 e. The van der Waals surface area contributed by atoms with Crippen molar-refractivity contribution < 1.29 is 0 Å². The summed E-state index contributed by atoms with van der Waals surface area (Å²) < 4.78 is 0. The summed E-state index contributed by atoms with van der Waals surface area (Å²) >= 11 is 0. The summed E-state index contributed by atoms with van der Waals surface area (Å²) in [7, 11) is 1.81. The van der Waals surface area contributed by atoms with E-state index in [0.29, 0.717) is 5.82 Å². The normalized spacial score (nSPS) is 9.90. The maximum atomic E-state index is 6.41. The molecule has 2 aromatic heterocycles. The predicted octanol–water partition coefficient (Wildman–Crippen LogP) is 11.8. The van der Waals surface area contributed by atoms with Gasteiger partial charge < -0.3 is 11.1 Å². The number of aryl methyl sites for hydroxylation is 1. The average Bonchev–Trinajstić information content (AvgIpc) is 3.14. The average molecular weight is 679 g/mol. The molecule has 0 unspecified atom stereocenters. The zero-order valence-electron chi connectivity index (χ0n) is 31.8. The molecule has 3 N–H and O–H groups in total. The number of nitrogens with zero attached hydrogens (tertiary/aromatic N) is 4. The second kappa shape index (κ2) is 19.3. The van der Waals surface area contributed by atoms with Crippen LogP contribution in [0.2, 0.25) is 0 Å². The lowest BCUT2D eigenvalue weighted by Gasteiger charge is -2.29. The Balaban J connectivity index is 0.000000697. The van der Waals surface area contributed by atoms with E-state index in [1.807, 2.05) is 49.3 Å². The van der Waals surface area contributed by atoms with Gasteiger partial charge in [0.25, 0.3) is 0 Å². The number of hydrogen-bond donors (Lipinski definition) is 2. The first-order chi connectivity index (χ1) is 24.4. The van der Waals surface area contributed by atoms with E-state index in [4.69, 9.17) is 10.7 Å². The maximum absolute atomic E-state index is 6.41. The summed E-state index contributed by atoms with van der Waals surface area (Å²) in [6.45, 7) is 24.3. The van der Waals surface area contributed by atoms with Crippen LogP contribution in [0.25, 0.3) is 22.5 Å². The Hall–Kier alpha value is -5.88. The number of allylic oxidation sites excluding steroid dienone is 4. The summed E-state index contributed by atoms with van der Waals surface area (Å²) in [5.41, 5.74) is 19.3. The Kier molecular flexibility index (Phi) is 15.0. The van der Waals surface area contributed by atoms with Crippen LogP contribution in [0.4, 0.5) is 22.9 Å². The molecule has 0 atom stereocenters. The standard InChI is InChI=1S/C37H37N5.C5H10.C3H7N/c1-25(2)28(5)41(37-19-12-17-35(40-37)32-14-8-7-13-26(32)3)30-20-22-31(23-21-30)42(29(6)38)36-18-11-15-33(27(36)4)34-16-9-10-24-39-34;1-4-5(2)3;1-3-4-2/h7-24H,6,38H2,1-5H3;4H,1-3H3;3-4H,1H2,2H3. The van der Waals surface area contributed by atoms with Crippen molar-refractivity contribution >= 4 is 22.9 Å². The summed E-state index contributed by atoms with van der Waals surface area (Å²) in [6, 6.07) is 35.0. The summed E-state index contributed by atoms with van der Waals surface area (Å²) in [6.07, 6.45) is 5.52. The van der Waals surface area contributed by atoms with Gasteiger partial charge in [0, 0.05) is 41.4 Å². The Morgan fingerprint density at radius 1 is 0.725 bits per heavy atom. The lowest BCUT2D eigenvalue weighted by atomic mass is 10.0. The van der Waals surface area contributed by atoms with Gasteiger partial charge in [-0.25, -0.2) is 4.98 Å². The number of pyridine rings is 2. The predicted molar refractivity (Wildman–Crippen MR) is 221 cm³/mol. The van der Waals surface area contributed by atoms with Gasteiger partial charge in [-0.3, -0.25) is 14.8 Å². The van der Waals surface area contributed by atoms with Crippen molar-refractivity contribution in [2.24, 2.45) is 5.73 Å². The fraction of sp³-hybridized carbons (Fsp3) is 0.200. The Bertz CT molecular complexity index is 1950. The van der Waals surface area contributed by atoms with Crippen LogP contribution in [0.1, 0.15) is 52.7 Å². The highest BCUT2D eigenvalue weighted by Gasteiger charge is 2.19. The molecule has 5 aromatic rings. The Morgan fingerprint density at radius 3 is 1.80 bits per heavy atom. The van der Waals surface area contributed by atoms with Crippen molar-refractivity contribution in [3.05, 3.63) is 169 Å². The molecule has 0 bridgehead atoms. The first-order valence-corrected chi connectivity index (χ1v) is 17.2. The van der Waals surface area contributed by atoms with Crippen LogP contribution >= 0.6 is 0 Å². The van der Waals surface area contributed by atoms with Crippen LogP contribution in [0.5, 0.6) is 0 Å². The molecule has 0 aliphatic carbocycles. The lowest BCUT2D eigenvalue weighted by Crippen LogP contribution is -2.23. The van der Waals surface area contributed by atoms with Crippen molar-refractivity contribution in [1.82, 2.24) is 15.3 Å². The van der Waals surface area contributed by atoms with Gasteiger partial charge in [0.05, 0.1) is 17.1 Å². The number of rotatable bonds is 9. The van der Waals surface area contributed by atoms with Gasteiger partial charge in [-0.05, 0) is 127 Å². The van der Waals surface area contributed by atoms with Crippen LogP contribution in [0, 0.1) is 13.8 Å². The van der Waals surface area contributed by atoms with Crippen LogP contribution in [0.15, 0.2) is 157 Å². The molecule has 0 spiro atoms. The number of aromatic nitrogens is 2. The number of anilines is 4. The highest BCUT2D eigenvalue weighted by molar-refractivity contribution is 5.79. The third-order valence-electron chi connectivity index (χ3n) is 8.37. The van der Waals surface area contributed by atoms with Crippen molar-refractivity contribution in [3.63, 3.8) is 0 Å². The highest BCUT2D eigenvalue weighted by atomic mass is 15.2. The molecule has 51 heavy (non-hydrogen) atoms. The van der Waals surface area contributed by atoms with Crippen molar-refractivity contribution in [3.8, 4) is 22.5 Å². The van der Waals surface area contributed by atoms with Crippen LogP contribution in [-0.4, -0.2) is 17.0 Å². The van der Waals surface area contributed by atoms with Gasteiger partial charge in [-0.15, -0.1) is 0 Å². The fourth-order valence-electron chi connectivity index (χ4n) is 5.16. The summed E-state index contributed by atoms with van der Waals surface area (Å²) in [5, 5.41) is 2.69. The third-order valence-corrected chi connectivity index (χ3v) is 8.37. The monoisotopic (exact) mass is 678 g/mol. The Morgan fingerprint density at radius 2 is 1.27 bits per heavy atom. The number of nitrogens with two attached hydrogens (primary N) is 1. The molecular weight excluding hydrogens is 625 g/mol. The molecule has 3 aromatic carbocycles. The van der Waals surface area contributed by atoms with Crippen LogP contribution < -0.4 is 20.9 Å². The number of nitrogens with one attached hydrogen (secondary N) is 1. The maximum Gasteiger partial charge on any atom is 0.137 e. The van der Waals surface area contributed by atoms with Crippen molar-refractivity contribution in [1.29, 1.82) is 0 Å². The number of benzene rings is 3. The quantitative estimate of drug-likeness (QED) is 0.151. The topological polar surface area (TPSA) is 70.3 Å². The Labute approximate surface area is 306 Å². The third kappa shape index (κ3) is 10.6. The van der Waals surface area contributed by atoms with E-state index in [0.717, 1.165) is 56.7 Å². The van der Waals surface area contributed by atoms with Crippen molar-refractivity contribution in [2.45, 2.75) is 55.4 Å². The first kappa shape index (κ1) is 39.6. The molecule has 0 fully saturated rings. The second-order valence-electron chi connectivity index (χ2n) is 12.5. The molecular formula is C45H54N6. The molecule has 2 heterocycles. The molecule has 0 aliphatic rings. The second-order valence-corrected chi connectivity index (χ2v) is 12.5. The summed E-state index contributed by atoms with van der Waals surface area (Å²) in [4.78, 5) is 13.9. The minimum atomic E-state index is 0.439. The van der Waals surface area contributed by atoms with E-state index in [-0.39, 0.29) is 0 Å². The molecule has 6 nitrogen and oxygen atoms in total. The van der Waals surface area contributed by atoms with E-state index in [9.17, 15) is 0 Å². The summed E-state index contributed by atoms with van der Waals surface area (Å²) in [5.74, 6) is 1.30. The van der Waals surface area contributed by atoms with Gasteiger partial charge in [0.15, 0.2) is 0 Å². The molecule has 0 saturated heterocycles. The lowest BCUT2D eigenvalue weighted by molar-refractivity contribution is 1.06. The van der Waals surface area contributed by atoms with E-state index in [2.05, 4.69) is 162 Å². The molecule has 0 amide bonds. The van der Waals surface area contributed by atoms with Gasteiger partial charge in [-0.1, -0.05) is 78.9 Å². The molecule has 0 radical (unpaired) electrons.